The first-order valence-corrected chi connectivity index (χ1v) is 17.0. The van der Waals surface area contributed by atoms with Crippen molar-refractivity contribution in [2.24, 2.45) is 0 Å². The molecule has 0 spiro atoms. The van der Waals surface area contributed by atoms with Gasteiger partial charge in [0.1, 0.15) is 0 Å². The molecule has 0 radical (unpaired) electrons. The molecular weight excluding hydrogens is 661 g/mol. The van der Waals surface area contributed by atoms with E-state index >= 15 is 0 Å². The van der Waals surface area contributed by atoms with Gasteiger partial charge < -0.3 is 4.57 Å². The van der Waals surface area contributed by atoms with Crippen LogP contribution in [0.1, 0.15) is 26.0 Å². The molecule has 238 valence electrons. The Labute approximate surface area is 327 Å². The van der Waals surface area contributed by atoms with Gasteiger partial charge in [-0.15, -0.1) is 22.7 Å². The summed E-state index contributed by atoms with van der Waals surface area (Å²) in [5.74, 6) is -1.02. The van der Waals surface area contributed by atoms with Gasteiger partial charge in [0.2, 0.25) is 0 Å². The smallest absolute Gasteiger partial charge is 0.165 e. The average Bonchev–Trinajstić information content (AvgIpc) is 4.05. The second kappa shape index (κ2) is 11.2. The van der Waals surface area contributed by atoms with E-state index in [4.69, 9.17) is 21.4 Å². The zero-order chi connectivity index (χ0) is 50.0. The molecule has 0 atom stereocenters. The van der Waals surface area contributed by atoms with Crippen LogP contribution in [0.25, 0.3) is 102 Å². The Morgan fingerprint density at radius 3 is 2.00 bits per heavy atom. The molecule has 0 aliphatic heterocycles. The lowest BCUT2D eigenvalue weighted by molar-refractivity contribution is 1.08. The molecule has 4 heterocycles. The lowest BCUT2D eigenvalue weighted by Crippen LogP contribution is -2.00. The molecule has 0 amide bonds. The van der Waals surface area contributed by atoms with E-state index in [0.29, 0.717) is 10.3 Å². The SMILES string of the molecule is [2H]c1c([2H])c([2H])c(-c2nc(-c3c([2H])c([2H])c(-n4c5c([2H])c([2H])c([2H])c([2H])c5c5c6sc7c([2H])c([2H])c([2H])c([2H])c7c6c([2H])c([2H])c54)c([2H])c3[2H])nc(-c3cccc4c3sc3ccccc34)n2)c([2H])c1[2H]. The zero-order valence-electron chi connectivity index (χ0n) is 44.6. The van der Waals surface area contributed by atoms with E-state index in [1.165, 1.54) is 11.3 Å². The van der Waals surface area contributed by atoms with Crippen molar-refractivity contribution >= 4 is 84.8 Å². The van der Waals surface area contributed by atoms with Gasteiger partial charge in [-0.2, -0.15) is 0 Å². The molecule has 0 saturated heterocycles. The minimum absolute atomic E-state index is 0.0139. The van der Waals surface area contributed by atoms with E-state index in [9.17, 15) is 9.60 Å². The molecule has 11 aromatic rings. The molecular formula is C45H26N4S2. The van der Waals surface area contributed by atoms with Gasteiger partial charge in [0.15, 0.2) is 17.5 Å². The standard InChI is InChI=1S/C45H26N4S2/c1-2-11-27(12-3-1)43-46-44(48-45(47-43)35-17-10-16-32-30-13-5-8-19-38(30)50-41(32)35)28-21-23-29(24-22-28)49-36-18-7-4-15-34(36)40-37(49)26-25-33-31-14-6-9-20-39(31)51-42(33)40/h1-26H/i1D,2D,3D,4D,6D,7D,9D,11D,12D,14D,15D,18D,20D,21D,22D,23D,24D,25D,26D. The van der Waals surface area contributed by atoms with Gasteiger partial charge in [-0.1, -0.05) is 103 Å². The maximum Gasteiger partial charge on any atom is 0.165 e. The van der Waals surface area contributed by atoms with Crippen LogP contribution in [0.15, 0.2) is 157 Å². The molecule has 0 N–H and O–H groups in total. The van der Waals surface area contributed by atoms with E-state index in [0.717, 1.165) is 31.4 Å². The van der Waals surface area contributed by atoms with Crippen molar-refractivity contribution in [1.82, 2.24) is 19.5 Å². The summed E-state index contributed by atoms with van der Waals surface area (Å²) >= 11 is 2.22. The number of para-hydroxylation sites is 1. The van der Waals surface area contributed by atoms with Crippen LogP contribution in [0.4, 0.5) is 0 Å². The second-order valence-corrected chi connectivity index (χ2v) is 13.4. The fourth-order valence-electron chi connectivity index (χ4n) is 6.33. The molecule has 0 aliphatic carbocycles. The maximum atomic E-state index is 9.60. The summed E-state index contributed by atoms with van der Waals surface area (Å²) in [5.41, 5.74) is -1.84. The highest BCUT2D eigenvalue weighted by Crippen LogP contribution is 2.44. The van der Waals surface area contributed by atoms with Gasteiger partial charge in [0.05, 0.1) is 37.1 Å². The number of fused-ring (bicyclic) bond motifs is 10. The van der Waals surface area contributed by atoms with Crippen molar-refractivity contribution in [2.75, 3.05) is 0 Å². The Bertz CT molecular complexity index is 4200. The summed E-state index contributed by atoms with van der Waals surface area (Å²) in [5, 5.41) is 1.26. The third-order valence-corrected chi connectivity index (χ3v) is 10.9. The van der Waals surface area contributed by atoms with Crippen LogP contribution >= 0.6 is 22.7 Å². The largest absolute Gasteiger partial charge is 0.309 e. The van der Waals surface area contributed by atoms with E-state index in [-0.39, 0.29) is 47.8 Å². The molecule has 51 heavy (non-hydrogen) atoms. The lowest BCUT2D eigenvalue weighted by Gasteiger charge is -2.11. The van der Waals surface area contributed by atoms with E-state index in [1.807, 2.05) is 30.3 Å². The molecule has 0 bridgehead atoms. The van der Waals surface area contributed by atoms with Crippen molar-refractivity contribution in [2.45, 2.75) is 0 Å². The predicted octanol–water partition coefficient (Wildman–Crippen LogP) is 12.7. The van der Waals surface area contributed by atoms with Crippen molar-refractivity contribution in [1.29, 1.82) is 0 Å². The topological polar surface area (TPSA) is 43.6 Å². The number of thiophene rings is 2. The monoisotopic (exact) mass is 705 g/mol. The number of hydrogen-bond donors (Lipinski definition) is 0. The number of aromatic nitrogens is 4. The van der Waals surface area contributed by atoms with Gasteiger partial charge in [-0.3, -0.25) is 0 Å². The first kappa shape index (κ1) is 15.8. The third kappa shape index (κ3) is 4.40. The molecule has 0 saturated carbocycles. The Hall–Kier alpha value is -6.21. The molecule has 4 aromatic heterocycles. The zero-order valence-corrected chi connectivity index (χ0v) is 27.3. The van der Waals surface area contributed by atoms with Gasteiger partial charge >= 0.3 is 0 Å². The van der Waals surface area contributed by atoms with Crippen molar-refractivity contribution in [3.05, 3.63) is 157 Å². The highest BCUT2D eigenvalue weighted by Gasteiger charge is 2.19. The van der Waals surface area contributed by atoms with Crippen LogP contribution in [-0.2, 0) is 0 Å². The van der Waals surface area contributed by atoms with Crippen LogP contribution in [0, 0.1) is 0 Å². The second-order valence-electron chi connectivity index (χ2n) is 11.4. The van der Waals surface area contributed by atoms with Gasteiger partial charge in [-0.25, -0.2) is 15.0 Å². The van der Waals surface area contributed by atoms with Crippen LogP contribution in [-0.4, -0.2) is 19.5 Å². The predicted molar refractivity (Wildman–Crippen MR) is 216 cm³/mol. The van der Waals surface area contributed by atoms with Gasteiger partial charge in [0, 0.05) is 73.5 Å². The Kier molecular flexibility index (Phi) is 3.45. The summed E-state index contributed by atoms with van der Waals surface area (Å²) < 4.78 is 172. The minimum Gasteiger partial charge on any atom is -0.309 e. The maximum absolute atomic E-state index is 9.60. The number of benzene rings is 7. The highest BCUT2D eigenvalue weighted by molar-refractivity contribution is 7.27. The van der Waals surface area contributed by atoms with Crippen molar-refractivity contribution < 1.29 is 26.0 Å². The number of rotatable bonds is 4. The minimum atomic E-state index is -0.818. The molecule has 0 unspecified atom stereocenters. The van der Waals surface area contributed by atoms with E-state index in [1.54, 1.807) is 12.1 Å². The Morgan fingerprint density at radius 2 is 1.14 bits per heavy atom. The van der Waals surface area contributed by atoms with Crippen LogP contribution in [0.2, 0.25) is 0 Å². The van der Waals surface area contributed by atoms with Crippen LogP contribution in [0.5, 0.6) is 0 Å². The Morgan fingerprint density at radius 1 is 0.451 bits per heavy atom. The summed E-state index contributed by atoms with van der Waals surface area (Å²) in [6.45, 7) is 0. The molecule has 0 aliphatic rings. The summed E-state index contributed by atoms with van der Waals surface area (Å²) in [4.78, 5) is 13.8. The average molecular weight is 706 g/mol. The quantitative estimate of drug-likeness (QED) is 0.183. The van der Waals surface area contributed by atoms with Gasteiger partial charge in [-0.05, 0) is 54.4 Å². The number of nitrogens with zero attached hydrogens (tertiary/aromatic N) is 4. The Balaban J connectivity index is 1.26. The normalized spacial score (nSPS) is 17.1. The fraction of sp³-hybridized carbons (Fsp3) is 0. The third-order valence-electron chi connectivity index (χ3n) is 8.53. The summed E-state index contributed by atoms with van der Waals surface area (Å²) in [6, 6.07) is 0.313. The lowest BCUT2D eigenvalue weighted by atomic mass is 10.1. The summed E-state index contributed by atoms with van der Waals surface area (Å²) in [7, 11) is 0. The fourth-order valence-corrected chi connectivity index (χ4v) is 8.66. The first-order chi connectivity index (χ1) is 33.2. The van der Waals surface area contributed by atoms with E-state index in [2.05, 4.69) is 9.97 Å². The first-order valence-electron chi connectivity index (χ1n) is 24.9. The van der Waals surface area contributed by atoms with Crippen molar-refractivity contribution in [3.63, 3.8) is 0 Å². The van der Waals surface area contributed by atoms with Crippen LogP contribution < -0.4 is 0 Å². The molecule has 0 fully saturated rings. The van der Waals surface area contributed by atoms with Crippen molar-refractivity contribution in [3.8, 4) is 39.9 Å². The summed E-state index contributed by atoms with van der Waals surface area (Å²) in [6.07, 6.45) is 0. The highest BCUT2D eigenvalue weighted by atomic mass is 32.1. The van der Waals surface area contributed by atoms with Crippen LogP contribution in [0.3, 0.4) is 0 Å². The van der Waals surface area contributed by atoms with E-state index < -0.39 is 143 Å². The molecule has 6 heteroatoms. The number of hydrogen-bond acceptors (Lipinski definition) is 5. The molecule has 11 rings (SSSR count). The molecule has 4 nitrogen and oxygen atoms in total. The van der Waals surface area contributed by atoms with Gasteiger partial charge in [0.25, 0.3) is 0 Å². The molecule has 7 aromatic carbocycles.